The first-order chi connectivity index (χ1) is 5.89. The maximum Gasteiger partial charge on any atom is 0.219 e. The predicted octanol–water partition coefficient (Wildman–Crippen LogP) is 0.656. The molecule has 0 aromatic carbocycles. The summed E-state index contributed by atoms with van der Waals surface area (Å²) < 4.78 is 0. The molecule has 3 heteroatoms. The highest BCUT2D eigenvalue weighted by Gasteiger charge is 2.01. The van der Waals surface area contributed by atoms with Crippen LogP contribution in [0.1, 0.15) is 32.1 Å². The van der Waals surface area contributed by atoms with E-state index in [0.29, 0.717) is 6.42 Å². The van der Waals surface area contributed by atoms with Crippen LogP contribution >= 0.6 is 0 Å². The molecule has 0 spiro atoms. The van der Waals surface area contributed by atoms with Gasteiger partial charge in [0.05, 0.1) is 0 Å². The van der Waals surface area contributed by atoms with Gasteiger partial charge < -0.3 is 10.6 Å². The van der Waals surface area contributed by atoms with Crippen LogP contribution in [0, 0.1) is 0 Å². The van der Waals surface area contributed by atoms with E-state index in [1.807, 2.05) is 0 Å². The van der Waals surface area contributed by atoms with Gasteiger partial charge in [-0.2, -0.15) is 0 Å². The molecule has 1 rings (SSSR count). The van der Waals surface area contributed by atoms with Crippen molar-refractivity contribution in [3.63, 3.8) is 0 Å². The summed E-state index contributed by atoms with van der Waals surface area (Å²) >= 11 is 0. The molecule has 0 aliphatic carbocycles. The second kappa shape index (κ2) is 6.00. The fourth-order valence-electron chi connectivity index (χ4n) is 1.35. The third-order valence-electron chi connectivity index (χ3n) is 2.11. The molecule has 1 saturated heterocycles. The lowest BCUT2D eigenvalue weighted by atomic mass is 10.2. The molecule has 1 heterocycles. The van der Waals surface area contributed by atoms with E-state index >= 15 is 0 Å². The summed E-state index contributed by atoms with van der Waals surface area (Å²) in [5, 5.41) is 6.27. The Labute approximate surface area is 73.9 Å². The number of carbonyl (C=O) groups excluding carboxylic acids is 1. The average Bonchev–Trinajstić information content (AvgIpc) is 2.11. The standard InChI is InChI=1S/C9H18N2O/c12-9-5-1-2-6-10-7-3-4-8-11-9/h10H,1-8H2,(H,11,12). The van der Waals surface area contributed by atoms with E-state index in [1.54, 1.807) is 0 Å². The zero-order valence-electron chi connectivity index (χ0n) is 7.57. The van der Waals surface area contributed by atoms with Crippen LogP contribution in [0.2, 0.25) is 0 Å². The summed E-state index contributed by atoms with van der Waals surface area (Å²) in [7, 11) is 0. The van der Waals surface area contributed by atoms with Gasteiger partial charge in [0.15, 0.2) is 0 Å². The molecule has 0 radical (unpaired) electrons. The number of carbonyl (C=O) groups is 1. The fraction of sp³-hybridized carbons (Fsp3) is 0.889. The second-order valence-corrected chi connectivity index (χ2v) is 3.26. The first-order valence-electron chi connectivity index (χ1n) is 4.87. The Bertz CT molecular complexity index is 122. The summed E-state index contributed by atoms with van der Waals surface area (Å²) in [4.78, 5) is 11.1. The van der Waals surface area contributed by atoms with Crippen LogP contribution in [0.15, 0.2) is 0 Å². The van der Waals surface area contributed by atoms with Gasteiger partial charge >= 0.3 is 0 Å². The summed E-state index contributed by atoms with van der Waals surface area (Å²) in [5.41, 5.74) is 0. The Balaban J connectivity index is 2.17. The average molecular weight is 170 g/mol. The summed E-state index contributed by atoms with van der Waals surface area (Å²) in [6.45, 7) is 3.00. The molecule has 2 N–H and O–H groups in total. The van der Waals surface area contributed by atoms with Crippen molar-refractivity contribution >= 4 is 5.91 Å². The van der Waals surface area contributed by atoms with Crippen molar-refractivity contribution < 1.29 is 4.79 Å². The fourth-order valence-corrected chi connectivity index (χ4v) is 1.35. The largest absolute Gasteiger partial charge is 0.356 e. The molecule has 1 fully saturated rings. The highest BCUT2D eigenvalue weighted by atomic mass is 16.1. The van der Waals surface area contributed by atoms with Crippen molar-refractivity contribution in [3.8, 4) is 0 Å². The monoisotopic (exact) mass is 170 g/mol. The van der Waals surface area contributed by atoms with Crippen molar-refractivity contribution in [2.75, 3.05) is 19.6 Å². The minimum absolute atomic E-state index is 0.219. The molecule has 12 heavy (non-hydrogen) atoms. The minimum atomic E-state index is 0.219. The van der Waals surface area contributed by atoms with Crippen LogP contribution in [0.4, 0.5) is 0 Å². The molecule has 1 amide bonds. The maximum atomic E-state index is 11.1. The van der Waals surface area contributed by atoms with Crippen LogP contribution in [0.3, 0.4) is 0 Å². The Morgan fingerprint density at radius 3 is 2.42 bits per heavy atom. The lowest BCUT2D eigenvalue weighted by Crippen LogP contribution is -2.24. The molecule has 1 aliphatic rings. The molecular formula is C9H18N2O. The van der Waals surface area contributed by atoms with Gasteiger partial charge in [-0.1, -0.05) is 0 Å². The number of nitrogens with one attached hydrogen (secondary N) is 2. The van der Waals surface area contributed by atoms with Gasteiger partial charge in [-0.15, -0.1) is 0 Å². The van der Waals surface area contributed by atoms with Crippen molar-refractivity contribution in [2.24, 2.45) is 0 Å². The van der Waals surface area contributed by atoms with Crippen LogP contribution in [-0.4, -0.2) is 25.5 Å². The summed E-state index contributed by atoms with van der Waals surface area (Å²) in [5.74, 6) is 0.219. The van der Waals surface area contributed by atoms with Gasteiger partial charge in [-0.3, -0.25) is 4.79 Å². The molecular weight excluding hydrogens is 152 g/mol. The van der Waals surface area contributed by atoms with Gasteiger partial charge in [0.1, 0.15) is 0 Å². The van der Waals surface area contributed by atoms with Crippen LogP contribution in [0.25, 0.3) is 0 Å². The topological polar surface area (TPSA) is 41.1 Å². The maximum absolute atomic E-state index is 11.1. The lowest BCUT2D eigenvalue weighted by Gasteiger charge is -2.02. The molecule has 0 saturated carbocycles. The Morgan fingerprint density at radius 2 is 1.58 bits per heavy atom. The first kappa shape index (κ1) is 9.52. The quantitative estimate of drug-likeness (QED) is 0.560. The van der Waals surface area contributed by atoms with Gasteiger partial charge in [0, 0.05) is 13.0 Å². The number of rotatable bonds is 0. The SMILES string of the molecule is O=C1CCCCNCCCCN1. The van der Waals surface area contributed by atoms with Crippen LogP contribution in [0.5, 0.6) is 0 Å². The molecule has 70 valence electrons. The van der Waals surface area contributed by atoms with E-state index in [0.717, 1.165) is 38.9 Å². The van der Waals surface area contributed by atoms with E-state index in [-0.39, 0.29) is 5.91 Å². The molecule has 0 aromatic heterocycles. The van der Waals surface area contributed by atoms with E-state index in [4.69, 9.17) is 0 Å². The molecule has 0 atom stereocenters. The van der Waals surface area contributed by atoms with Crippen molar-refractivity contribution in [3.05, 3.63) is 0 Å². The predicted molar refractivity (Wildman–Crippen MR) is 49.0 cm³/mol. The highest BCUT2D eigenvalue weighted by Crippen LogP contribution is 1.96. The van der Waals surface area contributed by atoms with E-state index in [1.165, 1.54) is 6.42 Å². The van der Waals surface area contributed by atoms with Crippen molar-refractivity contribution in [1.82, 2.24) is 10.6 Å². The molecule has 3 nitrogen and oxygen atoms in total. The molecule has 0 bridgehead atoms. The molecule has 0 aromatic rings. The normalized spacial score (nSPS) is 22.5. The zero-order valence-corrected chi connectivity index (χ0v) is 7.57. The van der Waals surface area contributed by atoms with Crippen LogP contribution < -0.4 is 10.6 Å². The van der Waals surface area contributed by atoms with Crippen molar-refractivity contribution in [2.45, 2.75) is 32.1 Å². The number of hydrogen-bond donors (Lipinski definition) is 2. The van der Waals surface area contributed by atoms with E-state index < -0.39 is 0 Å². The van der Waals surface area contributed by atoms with Crippen LogP contribution in [-0.2, 0) is 4.79 Å². The molecule has 1 aliphatic heterocycles. The third-order valence-corrected chi connectivity index (χ3v) is 2.11. The van der Waals surface area contributed by atoms with Crippen molar-refractivity contribution in [1.29, 1.82) is 0 Å². The van der Waals surface area contributed by atoms with Gasteiger partial charge in [-0.25, -0.2) is 0 Å². The summed E-state index contributed by atoms with van der Waals surface area (Å²) in [6.07, 6.45) is 5.09. The molecule has 0 unspecified atom stereocenters. The Morgan fingerprint density at radius 1 is 0.917 bits per heavy atom. The smallest absolute Gasteiger partial charge is 0.219 e. The Kier molecular flexibility index (Phi) is 4.76. The number of amides is 1. The Hall–Kier alpha value is -0.570. The summed E-state index contributed by atoms with van der Waals surface area (Å²) in [6, 6.07) is 0. The lowest BCUT2D eigenvalue weighted by molar-refractivity contribution is -0.121. The van der Waals surface area contributed by atoms with Gasteiger partial charge in [0.2, 0.25) is 5.91 Å². The number of hydrogen-bond acceptors (Lipinski definition) is 2. The first-order valence-corrected chi connectivity index (χ1v) is 4.87. The van der Waals surface area contributed by atoms with E-state index in [9.17, 15) is 4.79 Å². The minimum Gasteiger partial charge on any atom is -0.356 e. The van der Waals surface area contributed by atoms with E-state index in [2.05, 4.69) is 10.6 Å². The zero-order chi connectivity index (χ0) is 8.65. The highest BCUT2D eigenvalue weighted by molar-refractivity contribution is 5.75. The van der Waals surface area contributed by atoms with Gasteiger partial charge in [0.25, 0.3) is 0 Å². The second-order valence-electron chi connectivity index (χ2n) is 3.26. The third kappa shape index (κ3) is 4.34. The van der Waals surface area contributed by atoms with Gasteiger partial charge in [-0.05, 0) is 38.8 Å².